The smallest absolute Gasteiger partial charge is 0.107 e. The zero-order valence-electron chi connectivity index (χ0n) is 13.9. The van der Waals surface area contributed by atoms with Gasteiger partial charge in [0.05, 0.1) is 6.54 Å². The monoisotopic (exact) mass is 307 g/mol. The second-order valence-corrected chi connectivity index (χ2v) is 8.59. The molecule has 1 aromatic heterocycles. The van der Waals surface area contributed by atoms with E-state index in [1.54, 1.807) is 0 Å². The third kappa shape index (κ3) is 3.66. The van der Waals surface area contributed by atoms with Gasteiger partial charge < -0.3 is 5.32 Å². The molecule has 21 heavy (non-hydrogen) atoms. The summed E-state index contributed by atoms with van der Waals surface area (Å²) in [5.41, 5.74) is 1.48. The van der Waals surface area contributed by atoms with E-state index in [4.69, 9.17) is 0 Å². The van der Waals surface area contributed by atoms with Crippen LogP contribution in [0.5, 0.6) is 0 Å². The fourth-order valence-electron chi connectivity index (χ4n) is 3.69. The molecular formula is C17H29N3S. The quantitative estimate of drug-likeness (QED) is 0.903. The lowest BCUT2D eigenvalue weighted by atomic mass is 9.89. The van der Waals surface area contributed by atoms with E-state index < -0.39 is 0 Å². The SMILES string of the molecule is Cc1csc(CN2CC(C)(C3CC3)NCC2CC(C)C)n1. The van der Waals surface area contributed by atoms with Gasteiger partial charge in [0.25, 0.3) is 0 Å². The largest absolute Gasteiger partial charge is 0.308 e. The molecule has 2 fully saturated rings. The van der Waals surface area contributed by atoms with Crippen LogP contribution in [-0.4, -0.2) is 34.6 Å². The molecule has 3 rings (SSSR count). The maximum Gasteiger partial charge on any atom is 0.107 e. The first-order valence-corrected chi connectivity index (χ1v) is 9.24. The van der Waals surface area contributed by atoms with E-state index in [0.717, 1.165) is 30.6 Å². The molecule has 1 saturated carbocycles. The summed E-state index contributed by atoms with van der Waals surface area (Å²) >= 11 is 1.82. The third-order valence-electron chi connectivity index (χ3n) is 5.02. The maximum atomic E-state index is 4.68. The molecule has 4 heteroatoms. The van der Waals surface area contributed by atoms with Gasteiger partial charge in [-0.3, -0.25) is 4.90 Å². The lowest BCUT2D eigenvalue weighted by molar-refractivity contribution is 0.0581. The number of aryl methyl sites for hydroxylation is 1. The van der Waals surface area contributed by atoms with Gasteiger partial charge in [0.1, 0.15) is 5.01 Å². The Morgan fingerprint density at radius 1 is 1.48 bits per heavy atom. The van der Waals surface area contributed by atoms with Crippen LogP contribution in [0.1, 0.15) is 50.7 Å². The number of piperazine rings is 1. The molecule has 2 heterocycles. The standard InChI is InChI=1S/C17H29N3S/c1-12(2)7-15-8-18-17(4,14-5-6-14)11-20(15)9-16-19-13(3)10-21-16/h10,12,14-15,18H,5-9,11H2,1-4H3. The molecule has 0 bridgehead atoms. The number of rotatable bonds is 5. The predicted molar refractivity (Wildman–Crippen MR) is 89.6 cm³/mol. The molecular weight excluding hydrogens is 278 g/mol. The Bertz CT molecular complexity index is 480. The highest BCUT2D eigenvalue weighted by Crippen LogP contribution is 2.42. The van der Waals surface area contributed by atoms with Crippen LogP contribution in [0, 0.1) is 18.8 Å². The van der Waals surface area contributed by atoms with Crippen LogP contribution in [0.15, 0.2) is 5.38 Å². The second kappa shape index (κ2) is 5.98. The minimum Gasteiger partial charge on any atom is -0.308 e. The fraction of sp³-hybridized carbons (Fsp3) is 0.824. The summed E-state index contributed by atoms with van der Waals surface area (Å²) in [6.07, 6.45) is 4.09. The van der Waals surface area contributed by atoms with Gasteiger partial charge >= 0.3 is 0 Å². The van der Waals surface area contributed by atoms with Crippen molar-refractivity contribution in [3.05, 3.63) is 16.1 Å². The van der Waals surface area contributed by atoms with Gasteiger partial charge in [-0.15, -0.1) is 11.3 Å². The summed E-state index contributed by atoms with van der Waals surface area (Å²) in [6, 6.07) is 0.654. The Morgan fingerprint density at radius 2 is 2.24 bits per heavy atom. The lowest BCUT2D eigenvalue weighted by Crippen LogP contribution is -2.63. The average molecular weight is 308 g/mol. The summed E-state index contributed by atoms with van der Waals surface area (Å²) in [7, 11) is 0. The topological polar surface area (TPSA) is 28.2 Å². The number of thiazole rings is 1. The van der Waals surface area contributed by atoms with Gasteiger partial charge in [-0.1, -0.05) is 13.8 Å². The Balaban J connectivity index is 1.72. The van der Waals surface area contributed by atoms with Crippen LogP contribution in [0.4, 0.5) is 0 Å². The van der Waals surface area contributed by atoms with Gasteiger partial charge in [0.2, 0.25) is 0 Å². The zero-order valence-corrected chi connectivity index (χ0v) is 14.7. The summed E-state index contributed by atoms with van der Waals surface area (Å²) < 4.78 is 0. The first-order chi connectivity index (χ1) is 9.96. The van der Waals surface area contributed by atoms with Gasteiger partial charge in [-0.2, -0.15) is 0 Å². The summed E-state index contributed by atoms with van der Waals surface area (Å²) in [5.74, 6) is 1.64. The van der Waals surface area contributed by atoms with E-state index in [1.807, 2.05) is 11.3 Å². The molecule has 1 saturated heterocycles. The highest BCUT2D eigenvalue weighted by molar-refractivity contribution is 7.09. The van der Waals surface area contributed by atoms with Crippen LogP contribution in [0.25, 0.3) is 0 Å². The van der Waals surface area contributed by atoms with Crippen LogP contribution in [0.2, 0.25) is 0 Å². The van der Waals surface area contributed by atoms with Gasteiger partial charge in [0.15, 0.2) is 0 Å². The Kier molecular flexibility index (Phi) is 4.40. The van der Waals surface area contributed by atoms with E-state index in [1.165, 1.54) is 30.8 Å². The van der Waals surface area contributed by atoms with Crippen LogP contribution in [0.3, 0.4) is 0 Å². The molecule has 0 spiro atoms. The van der Waals surface area contributed by atoms with E-state index in [2.05, 4.69) is 48.3 Å². The summed E-state index contributed by atoms with van der Waals surface area (Å²) in [4.78, 5) is 7.38. The highest BCUT2D eigenvalue weighted by atomic mass is 32.1. The van der Waals surface area contributed by atoms with Crippen molar-refractivity contribution in [2.45, 2.75) is 65.1 Å². The first-order valence-electron chi connectivity index (χ1n) is 8.36. The van der Waals surface area contributed by atoms with Crippen molar-refractivity contribution in [2.24, 2.45) is 11.8 Å². The van der Waals surface area contributed by atoms with Crippen molar-refractivity contribution >= 4 is 11.3 Å². The van der Waals surface area contributed by atoms with E-state index in [-0.39, 0.29) is 0 Å². The minimum atomic E-state index is 0.319. The molecule has 118 valence electrons. The van der Waals surface area contributed by atoms with Crippen molar-refractivity contribution in [1.29, 1.82) is 0 Å². The maximum absolute atomic E-state index is 4.68. The summed E-state index contributed by atoms with van der Waals surface area (Å²) in [6.45, 7) is 12.5. The Hall–Kier alpha value is -0.450. The normalized spacial score (nSPS) is 31.0. The van der Waals surface area contributed by atoms with E-state index in [9.17, 15) is 0 Å². The third-order valence-corrected chi connectivity index (χ3v) is 5.97. The van der Waals surface area contributed by atoms with Crippen LogP contribution < -0.4 is 5.32 Å². The minimum absolute atomic E-state index is 0.319. The molecule has 0 amide bonds. The van der Waals surface area contributed by atoms with Crippen molar-refractivity contribution in [1.82, 2.24) is 15.2 Å². The molecule has 2 aliphatic rings. The number of hydrogen-bond acceptors (Lipinski definition) is 4. The van der Waals surface area contributed by atoms with E-state index in [0.29, 0.717) is 11.6 Å². The van der Waals surface area contributed by atoms with Crippen molar-refractivity contribution in [2.75, 3.05) is 13.1 Å². The molecule has 2 atom stereocenters. The predicted octanol–water partition coefficient (Wildman–Crippen LogP) is 3.44. The number of nitrogens with one attached hydrogen (secondary N) is 1. The van der Waals surface area contributed by atoms with Crippen molar-refractivity contribution in [3.8, 4) is 0 Å². The molecule has 1 aliphatic heterocycles. The Morgan fingerprint density at radius 3 is 2.81 bits per heavy atom. The fourth-order valence-corrected chi connectivity index (χ4v) is 4.49. The number of nitrogens with zero attached hydrogens (tertiary/aromatic N) is 2. The molecule has 2 unspecified atom stereocenters. The van der Waals surface area contributed by atoms with E-state index >= 15 is 0 Å². The van der Waals surface area contributed by atoms with Gasteiger partial charge in [-0.05, 0) is 44.9 Å². The van der Waals surface area contributed by atoms with Gasteiger partial charge in [-0.25, -0.2) is 4.98 Å². The van der Waals surface area contributed by atoms with Crippen molar-refractivity contribution in [3.63, 3.8) is 0 Å². The Labute approximate surface area is 133 Å². The number of hydrogen-bond donors (Lipinski definition) is 1. The molecule has 1 N–H and O–H groups in total. The first kappa shape index (κ1) is 15.4. The molecule has 3 nitrogen and oxygen atoms in total. The van der Waals surface area contributed by atoms with Crippen LogP contribution >= 0.6 is 11.3 Å². The zero-order chi connectivity index (χ0) is 15.0. The average Bonchev–Trinajstić information content (AvgIpc) is 3.18. The lowest BCUT2D eigenvalue weighted by Gasteiger charge is -2.47. The number of aromatic nitrogens is 1. The molecule has 0 aromatic carbocycles. The van der Waals surface area contributed by atoms with Crippen molar-refractivity contribution < 1.29 is 0 Å². The summed E-state index contributed by atoms with van der Waals surface area (Å²) in [5, 5.41) is 7.33. The van der Waals surface area contributed by atoms with Gasteiger partial charge in [0, 0.05) is 35.7 Å². The molecule has 0 radical (unpaired) electrons. The highest BCUT2D eigenvalue weighted by Gasteiger charge is 2.46. The van der Waals surface area contributed by atoms with Crippen LogP contribution in [-0.2, 0) is 6.54 Å². The second-order valence-electron chi connectivity index (χ2n) is 7.64. The molecule has 1 aromatic rings. The molecule has 1 aliphatic carbocycles.